The Morgan fingerprint density at radius 2 is 1.61 bits per heavy atom. The van der Waals surface area contributed by atoms with Crippen LogP contribution in [0, 0.1) is 6.92 Å². The van der Waals surface area contributed by atoms with Crippen molar-refractivity contribution in [1.29, 1.82) is 0 Å². The lowest BCUT2D eigenvalue weighted by Gasteiger charge is -2.31. The summed E-state index contributed by atoms with van der Waals surface area (Å²) in [5, 5.41) is 1.12. The van der Waals surface area contributed by atoms with Crippen molar-refractivity contribution in [3.05, 3.63) is 101 Å². The van der Waals surface area contributed by atoms with Crippen LogP contribution in [0.4, 0.5) is 0 Å². The lowest BCUT2D eigenvalue weighted by molar-refractivity contribution is -0.134. The van der Waals surface area contributed by atoms with Gasteiger partial charge in [0.05, 0.1) is 6.04 Å². The summed E-state index contributed by atoms with van der Waals surface area (Å²) in [5.74, 6) is 1.13. The minimum atomic E-state index is -0.203. The number of aromatic nitrogens is 1. The van der Waals surface area contributed by atoms with Gasteiger partial charge in [0, 0.05) is 29.2 Å². The van der Waals surface area contributed by atoms with Gasteiger partial charge in [-0.3, -0.25) is 4.79 Å². The molecule has 0 radical (unpaired) electrons. The second-order valence-electron chi connectivity index (χ2n) is 8.79. The Morgan fingerprint density at radius 3 is 2.27 bits per heavy atom. The molecule has 0 saturated carbocycles. The summed E-state index contributed by atoms with van der Waals surface area (Å²) in [4.78, 5) is 18.7. The zero-order valence-electron chi connectivity index (χ0n) is 19.8. The predicted octanol–water partition coefficient (Wildman–Crippen LogP) is 6.62. The summed E-state index contributed by atoms with van der Waals surface area (Å²) in [6.45, 7) is 8.99. The van der Waals surface area contributed by atoms with Gasteiger partial charge in [-0.1, -0.05) is 74.0 Å². The maximum absolute atomic E-state index is 13.4. The van der Waals surface area contributed by atoms with E-state index in [4.69, 9.17) is 4.74 Å². The normalized spacial score (nSPS) is 12.2. The van der Waals surface area contributed by atoms with Crippen LogP contribution in [0.1, 0.15) is 55.0 Å². The number of aromatic amines is 1. The Labute approximate surface area is 196 Å². The molecule has 1 aromatic heterocycles. The summed E-state index contributed by atoms with van der Waals surface area (Å²) in [6.07, 6.45) is 2.02. The number of amides is 1. The van der Waals surface area contributed by atoms with Crippen LogP contribution in [-0.2, 0) is 4.79 Å². The maximum Gasteiger partial charge on any atom is 0.261 e. The Kier molecular flexibility index (Phi) is 6.83. The largest absolute Gasteiger partial charge is 0.484 e. The molecule has 33 heavy (non-hydrogen) atoms. The molecule has 1 unspecified atom stereocenters. The molecule has 1 heterocycles. The zero-order valence-corrected chi connectivity index (χ0v) is 19.8. The van der Waals surface area contributed by atoms with Crippen LogP contribution in [0.25, 0.3) is 10.9 Å². The van der Waals surface area contributed by atoms with Crippen molar-refractivity contribution < 1.29 is 9.53 Å². The van der Waals surface area contributed by atoms with Gasteiger partial charge in [-0.2, -0.15) is 0 Å². The fourth-order valence-electron chi connectivity index (χ4n) is 4.28. The van der Waals surface area contributed by atoms with Crippen LogP contribution in [-0.4, -0.2) is 28.9 Å². The Bertz CT molecular complexity index is 1210. The van der Waals surface area contributed by atoms with E-state index >= 15 is 0 Å². The van der Waals surface area contributed by atoms with E-state index in [9.17, 15) is 4.79 Å². The lowest BCUT2D eigenvalue weighted by atomic mass is 9.95. The van der Waals surface area contributed by atoms with E-state index in [1.54, 1.807) is 0 Å². The highest BCUT2D eigenvalue weighted by Gasteiger charge is 2.28. The number of nitrogens with zero attached hydrogens (tertiary/aromatic N) is 1. The van der Waals surface area contributed by atoms with Gasteiger partial charge in [0.2, 0.25) is 0 Å². The highest BCUT2D eigenvalue weighted by atomic mass is 16.5. The molecule has 0 aliphatic heterocycles. The Balaban J connectivity index is 1.63. The van der Waals surface area contributed by atoms with Crippen LogP contribution in [0.15, 0.2) is 79.0 Å². The number of hydrogen-bond donors (Lipinski definition) is 1. The van der Waals surface area contributed by atoms with E-state index in [2.05, 4.69) is 74.3 Å². The molecule has 0 aliphatic carbocycles. The highest BCUT2D eigenvalue weighted by Crippen LogP contribution is 2.34. The Hall–Kier alpha value is -3.53. The highest BCUT2D eigenvalue weighted by molar-refractivity contribution is 5.86. The first kappa shape index (κ1) is 22.7. The van der Waals surface area contributed by atoms with E-state index < -0.39 is 0 Å². The number of nitrogens with one attached hydrogen (secondary N) is 1. The van der Waals surface area contributed by atoms with Crippen molar-refractivity contribution in [3.8, 4) is 5.75 Å². The number of ether oxygens (including phenoxy) is 1. The standard InChI is InChI=1S/C29H32N2O2/c1-5-31(28(32)19-33-24-16-14-22(15-17-24)20(2)3)29(23-12-10-21(4)11-13-23)26-18-30-27-9-7-6-8-25(26)27/h6-18,20,29-30H,5,19H2,1-4H3. The van der Waals surface area contributed by atoms with Crippen molar-refractivity contribution in [1.82, 2.24) is 9.88 Å². The molecule has 3 aromatic carbocycles. The number of H-pyrrole nitrogens is 1. The molecular weight excluding hydrogens is 408 g/mol. The van der Waals surface area contributed by atoms with Crippen molar-refractivity contribution in [2.75, 3.05) is 13.2 Å². The number of hydrogen-bond acceptors (Lipinski definition) is 2. The number of aryl methyl sites for hydroxylation is 1. The fourth-order valence-corrected chi connectivity index (χ4v) is 4.28. The molecule has 0 bridgehead atoms. The van der Waals surface area contributed by atoms with Crippen molar-refractivity contribution >= 4 is 16.8 Å². The molecule has 0 aliphatic rings. The quantitative estimate of drug-likeness (QED) is 0.335. The van der Waals surface area contributed by atoms with E-state index in [0.29, 0.717) is 18.2 Å². The van der Waals surface area contributed by atoms with E-state index in [-0.39, 0.29) is 18.6 Å². The molecule has 0 spiro atoms. The molecule has 1 amide bonds. The molecule has 0 saturated heterocycles. The third-order valence-electron chi connectivity index (χ3n) is 6.19. The number of para-hydroxylation sites is 1. The van der Waals surface area contributed by atoms with Crippen LogP contribution >= 0.6 is 0 Å². The molecule has 4 nitrogen and oxygen atoms in total. The van der Waals surface area contributed by atoms with Gasteiger partial charge in [-0.25, -0.2) is 0 Å². The monoisotopic (exact) mass is 440 g/mol. The second kappa shape index (κ2) is 9.95. The van der Waals surface area contributed by atoms with Gasteiger partial charge < -0.3 is 14.6 Å². The summed E-state index contributed by atoms with van der Waals surface area (Å²) in [6, 6.07) is 24.4. The SMILES string of the molecule is CCN(C(=O)COc1ccc(C(C)C)cc1)C(c1ccc(C)cc1)c1c[nH]c2ccccc12. The number of benzene rings is 3. The van der Waals surface area contributed by atoms with Gasteiger partial charge in [-0.05, 0) is 49.1 Å². The zero-order chi connectivity index (χ0) is 23.4. The summed E-state index contributed by atoms with van der Waals surface area (Å²) >= 11 is 0. The number of carbonyl (C=O) groups is 1. The summed E-state index contributed by atoms with van der Waals surface area (Å²) < 4.78 is 5.90. The molecule has 1 atom stereocenters. The van der Waals surface area contributed by atoms with Gasteiger partial charge in [0.1, 0.15) is 5.75 Å². The first-order valence-corrected chi connectivity index (χ1v) is 11.6. The lowest BCUT2D eigenvalue weighted by Crippen LogP contribution is -2.38. The maximum atomic E-state index is 13.4. The van der Waals surface area contributed by atoms with Crippen molar-refractivity contribution in [2.45, 2.75) is 39.7 Å². The van der Waals surface area contributed by atoms with Crippen molar-refractivity contribution in [3.63, 3.8) is 0 Å². The van der Waals surface area contributed by atoms with E-state index in [1.165, 1.54) is 11.1 Å². The average molecular weight is 441 g/mol. The smallest absolute Gasteiger partial charge is 0.261 e. The van der Waals surface area contributed by atoms with Crippen molar-refractivity contribution in [2.24, 2.45) is 0 Å². The number of likely N-dealkylation sites (N-methyl/N-ethyl adjacent to an activating group) is 1. The number of rotatable bonds is 8. The number of fused-ring (bicyclic) bond motifs is 1. The number of carbonyl (C=O) groups excluding carboxylic acids is 1. The third-order valence-corrected chi connectivity index (χ3v) is 6.19. The molecular formula is C29H32N2O2. The summed E-state index contributed by atoms with van der Waals surface area (Å²) in [7, 11) is 0. The van der Waals surface area contributed by atoms with Crippen LogP contribution in [0.5, 0.6) is 5.75 Å². The van der Waals surface area contributed by atoms with Crippen LogP contribution < -0.4 is 4.74 Å². The third kappa shape index (κ3) is 4.95. The molecule has 4 rings (SSSR count). The van der Waals surface area contributed by atoms with Gasteiger partial charge in [0.15, 0.2) is 6.61 Å². The minimum absolute atomic E-state index is 0.000415. The van der Waals surface area contributed by atoms with E-state index in [1.807, 2.05) is 42.3 Å². The van der Waals surface area contributed by atoms with Gasteiger partial charge >= 0.3 is 0 Å². The van der Waals surface area contributed by atoms with Gasteiger partial charge in [0.25, 0.3) is 5.91 Å². The fraction of sp³-hybridized carbons (Fsp3) is 0.276. The van der Waals surface area contributed by atoms with E-state index in [0.717, 1.165) is 22.0 Å². The summed E-state index contributed by atoms with van der Waals surface area (Å²) in [5.41, 5.74) is 5.68. The first-order valence-electron chi connectivity index (χ1n) is 11.6. The van der Waals surface area contributed by atoms with Gasteiger partial charge in [-0.15, -0.1) is 0 Å². The first-order chi connectivity index (χ1) is 16.0. The molecule has 1 N–H and O–H groups in total. The van der Waals surface area contributed by atoms with Crippen LogP contribution in [0.2, 0.25) is 0 Å². The average Bonchev–Trinajstić information content (AvgIpc) is 3.25. The molecule has 170 valence electrons. The predicted molar refractivity (Wildman–Crippen MR) is 135 cm³/mol. The molecule has 4 heteroatoms. The van der Waals surface area contributed by atoms with Crippen LogP contribution in [0.3, 0.4) is 0 Å². The molecule has 0 fully saturated rings. The minimum Gasteiger partial charge on any atom is -0.484 e. The topological polar surface area (TPSA) is 45.3 Å². The second-order valence-corrected chi connectivity index (χ2v) is 8.79. The molecule has 4 aromatic rings. The Morgan fingerprint density at radius 1 is 0.939 bits per heavy atom.